The Kier molecular flexibility index (Phi) is 4.46. The molecule has 6 nitrogen and oxygen atoms in total. The molecular formula is C11H17ClN4O2. The molecule has 4 N–H and O–H groups in total. The van der Waals surface area contributed by atoms with E-state index in [0.717, 1.165) is 18.8 Å². The van der Waals surface area contributed by atoms with Crippen molar-refractivity contribution in [2.75, 3.05) is 55.4 Å². The van der Waals surface area contributed by atoms with E-state index >= 15 is 0 Å². The van der Waals surface area contributed by atoms with Crippen LogP contribution in [0.2, 0.25) is 5.15 Å². The molecule has 1 fully saturated rings. The highest BCUT2D eigenvalue weighted by Gasteiger charge is 2.17. The molecule has 0 unspecified atom stereocenters. The second-order valence-electron chi connectivity index (χ2n) is 3.98. The van der Waals surface area contributed by atoms with Crippen LogP contribution in [0.5, 0.6) is 0 Å². The first-order chi connectivity index (χ1) is 8.72. The minimum atomic E-state index is 0.0144. The third-order valence-corrected chi connectivity index (χ3v) is 2.96. The fourth-order valence-corrected chi connectivity index (χ4v) is 2.07. The zero-order valence-electron chi connectivity index (χ0n) is 10.0. The zero-order chi connectivity index (χ0) is 13.0. The number of aliphatic hydroxyl groups excluding tert-OH is 1. The Balaban J connectivity index is 2.25. The van der Waals surface area contributed by atoms with Gasteiger partial charge in [-0.25, -0.2) is 4.98 Å². The molecule has 7 heteroatoms. The molecule has 0 bridgehead atoms. The SMILES string of the molecule is Nc1c(N2CCOCC2)cc(Cl)nc1NCCO. The number of morpholine rings is 1. The van der Waals surface area contributed by atoms with Gasteiger partial charge in [-0.05, 0) is 0 Å². The number of halogens is 1. The van der Waals surface area contributed by atoms with Crippen LogP contribution < -0.4 is 16.0 Å². The number of rotatable bonds is 4. The molecule has 0 atom stereocenters. The van der Waals surface area contributed by atoms with E-state index in [4.69, 9.17) is 27.2 Å². The highest BCUT2D eigenvalue weighted by molar-refractivity contribution is 6.30. The largest absolute Gasteiger partial charge is 0.395 e. The Morgan fingerprint density at radius 1 is 1.50 bits per heavy atom. The van der Waals surface area contributed by atoms with Gasteiger partial charge in [-0.2, -0.15) is 0 Å². The van der Waals surface area contributed by atoms with E-state index in [-0.39, 0.29) is 6.61 Å². The van der Waals surface area contributed by atoms with Crippen molar-refractivity contribution in [3.63, 3.8) is 0 Å². The first kappa shape index (κ1) is 13.2. The number of hydrogen-bond donors (Lipinski definition) is 3. The fourth-order valence-electron chi connectivity index (χ4n) is 1.89. The molecular weight excluding hydrogens is 256 g/mol. The summed E-state index contributed by atoms with van der Waals surface area (Å²) in [6.45, 7) is 3.33. The summed E-state index contributed by atoms with van der Waals surface area (Å²) in [5, 5.41) is 12.1. The van der Waals surface area contributed by atoms with E-state index in [1.54, 1.807) is 6.07 Å². The first-order valence-corrected chi connectivity index (χ1v) is 6.23. The van der Waals surface area contributed by atoms with Gasteiger partial charge in [-0.15, -0.1) is 0 Å². The van der Waals surface area contributed by atoms with Gasteiger partial charge in [0.2, 0.25) is 0 Å². The summed E-state index contributed by atoms with van der Waals surface area (Å²) in [6, 6.07) is 1.76. The lowest BCUT2D eigenvalue weighted by Crippen LogP contribution is -2.36. The maximum atomic E-state index is 8.81. The zero-order valence-corrected chi connectivity index (χ0v) is 10.8. The Morgan fingerprint density at radius 3 is 2.89 bits per heavy atom. The minimum Gasteiger partial charge on any atom is -0.395 e. The van der Waals surface area contributed by atoms with Crippen molar-refractivity contribution >= 4 is 28.8 Å². The second kappa shape index (κ2) is 6.08. The molecule has 1 aromatic rings. The van der Waals surface area contributed by atoms with Crippen LogP contribution in [0.15, 0.2) is 6.07 Å². The summed E-state index contributed by atoms with van der Waals surface area (Å²) in [5.41, 5.74) is 7.49. The van der Waals surface area contributed by atoms with E-state index in [1.807, 2.05) is 0 Å². The number of aliphatic hydroxyl groups is 1. The van der Waals surface area contributed by atoms with Crippen LogP contribution in [0.4, 0.5) is 17.2 Å². The van der Waals surface area contributed by atoms with Crippen molar-refractivity contribution in [3.8, 4) is 0 Å². The van der Waals surface area contributed by atoms with Gasteiger partial charge in [-0.3, -0.25) is 0 Å². The normalized spacial score (nSPS) is 15.8. The Bertz CT molecular complexity index is 410. The van der Waals surface area contributed by atoms with Gasteiger partial charge in [0.15, 0.2) is 5.82 Å². The van der Waals surface area contributed by atoms with E-state index in [2.05, 4.69) is 15.2 Å². The van der Waals surface area contributed by atoms with Gasteiger partial charge in [0.1, 0.15) is 5.15 Å². The van der Waals surface area contributed by atoms with Gasteiger partial charge in [0.05, 0.1) is 31.2 Å². The summed E-state index contributed by atoms with van der Waals surface area (Å²) < 4.78 is 5.31. The van der Waals surface area contributed by atoms with E-state index in [1.165, 1.54) is 0 Å². The topological polar surface area (TPSA) is 83.6 Å². The molecule has 0 amide bonds. The van der Waals surface area contributed by atoms with Crippen LogP contribution in [-0.4, -0.2) is 49.5 Å². The number of nitrogens with zero attached hydrogens (tertiary/aromatic N) is 2. The van der Waals surface area contributed by atoms with Crippen molar-refractivity contribution in [1.29, 1.82) is 0 Å². The average Bonchev–Trinajstić information content (AvgIpc) is 2.40. The number of ether oxygens (including phenoxy) is 1. The maximum absolute atomic E-state index is 8.81. The Hall–Kier alpha value is -1.24. The summed E-state index contributed by atoms with van der Waals surface area (Å²) in [7, 11) is 0. The quantitative estimate of drug-likeness (QED) is 0.695. The smallest absolute Gasteiger partial charge is 0.153 e. The average molecular weight is 273 g/mol. The van der Waals surface area contributed by atoms with Gasteiger partial charge >= 0.3 is 0 Å². The summed E-state index contributed by atoms with van der Waals surface area (Å²) in [6.07, 6.45) is 0. The lowest BCUT2D eigenvalue weighted by molar-refractivity contribution is 0.123. The van der Waals surface area contributed by atoms with E-state index < -0.39 is 0 Å². The predicted octanol–water partition coefficient (Wildman–Crippen LogP) is 0.558. The highest BCUT2D eigenvalue weighted by Crippen LogP contribution is 2.32. The number of pyridine rings is 1. The molecule has 0 radical (unpaired) electrons. The van der Waals surface area contributed by atoms with E-state index in [9.17, 15) is 0 Å². The fraction of sp³-hybridized carbons (Fsp3) is 0.545. The number of anilines is 3. The minimum absolute atomic E-state index is 0.0144. The lowest BCUT2D eigenvalue weighted by Gasteiger charge is -2.30. The van der Waals surface area contributed by atoms with Crippen molar-refractivity contribution < 1.29 is 9.84 Å². The molecule has 1 aliphatic rings. The number of nitrogens with two attached hydrogens (primary N) is 1. The first-order valence-electron chi connectivity index (χ1n) is 5.86. The van der Waals surface area contributed by atoms with Crippen LogP contribution in [0.1, 0.15) is 0 Å². The molecule has 18 heavy (non-hydrogen) atoms. The standard InChI is InChI=1S/C11H17ClN4O2/c12-9-7-8(16-2-5-18-6-3-16)10(13)11(15-9)14-1-4-17/h7,17H,1-6,13H2,(H,14,15). The van der Waals surface area contributed by atoms with Crippen molar-refractivity contribution in [2.45, 2.75) is 0 Å². The van der Waals surface area contributed by atoms with Crippen molar-refractivity contribution in [3.05, 3.63) is 11.2 Å². The molecule has 0 spiro atoms. The van der Waals surface area contributed by atoms with Crippen LogP contribution in [0, 0.1) is 0 Å². The maximum Gasteiger partial charge on any atom is 0.153 e. The molecule has 2 rings (SSSR count). The highest BCUT2D eigenvalue weighted by atomic mass is 35.5. The summed E-state index contributed by atoms with van der Waals surface area (Å²) >= 11 is 5.99. The molecule has 0 saturated carbocycles. The third kappa shape index (κ3) is 2.95. The Labute approximate surface area is 111 Å². The number of nitrogens with one attached hydrogen (secondary N) is 1. The van der Waals surface area contributed by atoms with Gasteiger partial charge in [0.25, 0.3) is 0 Å². The summed E-state index contributed by atoms with van der Waals surface area (Å²) in [4.78, 5) is 6.25. The molecule has 0 aromatic carbocycles. The summed E-state index contributed by atoms with van der Waals surface area (Å²) in [5.74, 6) is 0.512. The van der Waals surface area contributed by atoms with Crippen LogP contribution in [0.25, 0.3) is 0 Å². The van der Waals surface area contributed by atoms with Gasteiger partial charge in [-0.1, -0.05) is 11.6 Å². The van der Waals surface area contributed by atoms with Gasteiger partial charge in [0, 0.05) is 25.7 Å². The lowest BCUT2D eigenvalue weighted by atomic mass is 10.2. The van der Waals surface area contributed by atoms with Crippen LogP contribution in [0.3, 0.4) is 0 Å². The molecule has 1 aromatic heterocycles. The van der Waals surface area contributed by atoms with Crippen molar-refractivity contribution in [1.82, 2.24) is 4.98 Å². The number of nitrogen functional groups attached to an aromatic ring is 1. The monoisotopic (exact) mass is 272 g/mol. The molecule has 100 valence electrons. The van der Waals surface area contributed by atoms with Crippen LogP contribution in [-0.2, 0) is 4.74 Å². The molecule has 0 aliphatic carbocycles. The van der Waals surface area contributed by atoms with E-state index in [0.29, 0.717) is 36.4 Å². The molecule has 1 saturated heterocycles. The number of hydrogen-bond acceptors (Lipinski definition) is 6. The van der Waals surface area contributed by atoms with Gasteiger partial charge < -0.3 is 25.8 Å². The Morgan fingerprint density at radius 2 is 2.22 bits per heavy atom. The van der Waals surface area contributed by atoms with Crippen molar-refractivity contribution in [2.24, 2.45) is 0 Å². The second-order valence-corrected chi connectivity index (χ2v) is 4.36. The molecule has 1 aliphatic heterocycles. The van der Waals surface area contributed by atoms with Crippen LogP contribution >= 0.6 is 11.6 Å². The predicted molar refractivity (Wildman–Crippen MR) is 72.3 cm³/mol. The third-order valence-electron chi connectivity index (χ3n) is 2.76. The molecule has 2 heterocycles. The number of aromatic nitrogens is 1.